The highest BCUT2D eigenvalue weighted by atomic mass is 19.1. The van der Waals surface area contributed by atoms with Crippen LogP contribution in [0.1, 0.15) is 6.92 Å². The summed E-state index contributed by atoms with van der Waals surface area (Å²) in [5.74, 6) is 5.00. The monoisotopic (exact) mass is 298 g/mol. The van der Waals surface area contributed by atoms with Gasteiger partial charge >= 0.3 is 11.2 Å². The van der Waals surface area contributed by atoms with Gasteiger partial charge in [0.2, 0.25) is 5.65 Å². The van der Waals surface area contributed by atoms with E-state index in [0.29, 0.717) is 5.69 Å². The van der Waals surface area contributed by atoms with Crippen LogP contribution in [0.15, 0.2) is 46.2 Å². The van der Waals surface area contributed by atoms with Crippen molar-refractivity contribution in [1.82, 2.24) is 18.7 Å². The van der Waals surface area contributed by atoms with Crippen molar-refractivity contribution >= 4 is 5.65 Å². The highest BCUT2D eigenvalue weighted by molar-refractivity contribution is 5.39. The Morgan fingerprint density at radius 3 is 2.59 bits per heavy atom. The molecule has 1 aromatic carbocycles. The molecule has 0 bridgehead atoms. The summed E-state index contributed by atoms with van der Waals surface area (Å²) in [5.41, 5.74) is -0.408. The van der Waals surface area contributed by atoms with Gasteiger partial charge in [-0.2, -0.15) is 0 Å². The lowest BCUT2D eigenvalue weighted by atomic mass is 10.3. The van der Waals surface area contributed by atoms with E-state index in [-0.39, 0.29) is 12.2 Å². The Balaban J connectivity index is 2.21. The van der Waals surface area contributed by atoms with E-state index in [1.165, 1.54) is 45.6 Å². The van der Waals surface area contributed by atoms with Crippen LogP contribution in [0.25, 0.3) is 11.3 Å². The highest BCUT2D eigenvalue weighted by Crippen LogP contribution is 2.06. The maximum atomic E-state index is 13.0. The van der Waals surface area contributed by atoms with Crippen molar-refractivity contribution in [3.8, 4) is 17.5 Å². The predicted molar refractivity (Wildman–Crippen MR) is 78.5 cm³/mol. The maximum absolute atomic E-state index is 13.0. The largest absolute Gasteiger partial charge is 0.351 e. The second-order valence-corrected chi connectivity index (χ2v) is 4.51. The molecule has 3 aromatic rings. The second kappa shape index (κ2) is 5.33. The van der Waals surface area contributed by atoms with Gasteiger partial charge in [0.05, 0.1) is 0 Å². The molecular weight excluding hydrogens is 287 g/mol. The Kier molecular flexibility index (Phi) is 3.35. The Bertz CT molecular complexity index is 1020. The van der Waals surface area contributed by atoms with E-state index in [0.717, 1.165) is 4.68 Å². The summed E-state index contributed by atoms with van der Waals surface area (Å²) in [7, 11) is 0. The van der Waals surface area contributed by atoms with E-state index in [9.17, 15) is 14.0 Å². The SMILES string of the molecule is CC#CCn1nc2c(=O)n(-c3ccc(F)cc3)ccn2c1=O. The van der Waals surface area contributed by atoms with Crippen LogP contribution >= 0.6 is 0 Å². The van der Waals surface area contributed by atoms with Gasteiger partial charge in [0.1, 0.15) is 12.4 Å². The second-order valence-electron chi connectivity index (χ2n) is 4.51. The van der Waals surface area contributed by atoms with Gasteiger partial charge in [-0.25, -0.2) is 18.3 Å². The van der Waals surface area contributed by atoms with Gasteiger partial charge < -0.3 is 0 Å². The lowest BCUT2D eigenvalue weighted by molar-refractivity contribution is 0.627. The molecule has 0 aliphatic carbocycles. The minimum Gasteiger partial charge on any atom is -0.280 e. The summed E-state index contributed by atoms with van der Waals surface area (Å²) in [5, 5.41) is 4.01. The molecule has 110 valence electrons. The van der Waals surface area contributed by atoms with E-state index < -0.39 is 17.1 Å². The average molecular weight is 298 g/mol. The quantitative estimate of drug-likeness (QED) is 0.658. The molecule has 0 aliphatic rings. The van der Waals surface area contributed by atoms with Crippen molar-refractivity contribution in [2.45, 2.75) is 13.5 Å². The zero-order chi connectivity index (χ0) is 15.7. The zero-order valence-electron chi connectivity index (χ0n) is 11.7. The van der Waals surface area contributed by atoms with Crippen LogP contribution in [-0.2, 0) is 6.54 Å². The first-order chi connectivity index (χ1) is 10.6. The van der Waals surface area contributed by atoms with E-state index in [1.807, 2.05) is 0 Å². The van der Waals surface area contributed by atoms with Crippen LogP contribution in [-0.4, -0.2) is 18.7 Å². The molecule has 0 saturated carbocycles. The Labute approximate surface area is 124 Å². The van der Waals surface area contributed by atoms with Crippen LogP contribution in [0, 0.1) is 17.7 Å². The van der Waals surface area contributed by atoms with Crippen molar-refractivity contribution in [2.24, 2.45) is 0 Å². The third-order valence-electron chi connectivity index (χ3n) is 3.16. The normalized spacial score (nSPS) is 10.5. The minimum absolute atomic E-state index is 0.00488. The lowest BCUT2D eigenvalue weighted by Crippen LogP contribution is -2.24. The number of nitrogens with zero attached hydrogens (tertiary/aromatic N) is 4. The van der Waals surface area contributed by atoms with Gasteiger partial charge in [-0.05, 0) is 31.2 Å². The first-order valence-corrected chi connectivity index (χ1v) is 6.48. The number of hydrogen-bond acceptors (Lipinski definition) is 3. The standard InChI is InChI=1S/C15H11FN4O2/c1-2-3-8-20-15(22)19-10-9-18(14(21)13(19)17-20)12-6-4-11(16)5-7-12/h4-7,9-10H,8H2,1H3. The first kappa shape index (κ1) is 13.8. The number of hydrogen-bond donors (Lipinski definition) is 0. The molecule has 0 unspecified atom stereocenters. The summed E-state index contributed by atoms with van der Waals surface area (Å²) >= 11 is 0. The smallest absolute Gasteiger partial charge is 0.280 e. The molecule has 0 amide bonds. The third-order valence-corrected chi connectivity index (χ3v) is 3.16. The molecule has 3 rings (SSSR count). The molecule has 2 aromatic heterocycles. The first-order valence-electron chi connectivity index (χ1n) is 6.48. The lowest BCUT2D eigenvalue weighted by Gasteiger charge is -2.04. The molecule has 0 aliphatic heterocycles. The van der Waals surface area contributed by atoms with E-state index in [4.69, 9.17) is 0 Å². The van der Waals surface area contributed by atoms with Crippen molar-refractivity contribution in [3.63, 3.8) is 0 Å². The van der Waals surface area contributed by atoms with Crippen molar-refractivity contribution in [3.05, 3.63) is 63.3 Å². The van der Waals surface area contributed by atoms with Crippen LogP contribution in [0.5, 0.6) is 0 Å². The number of rotatable bonds is 2. The van der Waals surface area contributed by atoms with Gasteiger partial charge in [0, 0.05) is 18.1 Å². The molecule has 0 atom stereocenters. The van der Waals surface area contributed by atoms with Gasteiger partial charge in [-0.1, -0.05) is 5.92 Å². The fraction of sp³-hybridized carbons (Fsp3) is 0.133. The molecule has 22 heavy (non-hydrogen) atoms. The molecule has 0 fully saturated rings. The Hall–Kier alpha value is -3.14. The van der Waals surface area contributed by atoms with Gasteiger partial charge in [0.25, 0.3) is 0 Å². The highest BCUT2D eigenvalue weighted by Gasteiger charge is 2.12. The van der Waals surface area contributed by atoms with Gasteiger partial charge in [0.15, 0.2) is 0 Å². The molecule has 6 nitrogen and oxygen atoms in total. The number of aromatic nitrogens is 4. The van der Waals surface area contributed by atoms with Crippen LogP contribution in [0.2, 0.25) is 0 Å². The molecular formula is C15H11FN4O2. The molecule has 7 heteroatoms. The summed E-state index contributed by atoms with van der Waals surface area (Å²) < 4.78 is 16.6. The number of benzene rings is 1. The third kappa shape index (κ3) is 2.20. The molecule has 0 spiro atoms. The average Bonchev–Trinajstić information content (AvgIpc) is 2.84. The molecule has 0 radical (unpaired) electrons. The fourth-order valence-electron chi connectivity index (χ4n) is 2.07. The Morgan fingerprint density at radius 1 is 1.18 bits per heavy atom. The van der Waals surface area contributed by atoms with Crippen LogP contribution in [0.3, 0.4) is 0 Å². The van der Waals surface area contributed by atoms with Crippen molar-refractivity contribution < 1.29 is 4.39 Å². The summed E-state index contributed by atoms with van der Waals surface area (Å²) in [6, 6.07) is 5.47. The van der Waals surface area contributed by atoms with Crippen molar-refractivity contribution in [1.29, 1.82) is 0 Å². The number of fused-ring (bicyclic) bond motifs is 1. The van der Waals surface area contributed by atoms with E-state index >= 15 is 0 Å². The molecule has 0 N–H and O–H groups in total. The fourth-order valence-corrected chi connectivity index (χ4v) is 2.07. The zero-order valence-corrected chi connectivity index (χ0v) is 11.7. The van der Waals surface area contributed by atoms with Gasteiger partial charge in [-0.15, -0.1) is 11.0 Å². The molecule has 0 saturated heterocycles. The minimum atomic E-state index is -0.464. The van der Waals surface area contributed by atoms with E-state index in [1.54, 1.807) is 6.92 Å². The maximum Gasteiger partial charge on any atom is 0.351 e. The Morgan fingerprint density at radius 2 is 1.91 bits per heavy atom. The number of halogens is 1. The van der Waals surface area contributed by atoms with Crippen LogP contribution in [0.4, 0.5) is 4.39 Å². The summed E-state index contributed by atoms with van der Waals surface area (Å²) in [4.78, 5) is 24.5. The van der Waals surface area contributed by atoms with Crippen LogP contribution < -0.4 is 11.2 Å². The van der Waals surface area contributed by atoms with Crippen molar-refractivity contribution in [2.75, 3.05) is 0 Å². The molecule has 2 heterocycles. The predicted octanol–water partition coefficient (Wildman–Crippen LogP) is 0.809. The van der Waals surface area contributed by atoms with Gasteiger partial charge in [-0.3, -0.25) is 9.36 Å². The van der Waals surface area contributed by atoms with E-state index in [2.05, 4.69) is 16.9 Å². The summed E-state index contributed by atoms with van der Waals surface area (Å²) in [6.45, 7) is 1.77. The topological polar surface area (TPSA) is 61.3 Å². The summed E-state index contributed by atoms with van der Waals surface area (Å²) in [6.07, 6.45) is 2.90.